The van der Waals surface area contributed by atoms with Crippen molar-refractivity contribution in [3.05, 3.63) is 29.3 Å². The van der Waals surface area contributed by atoms with Crippen molar-refractivity contribution in [2.24, 2.45) is 0 Å². The molecule has 0 spiro atoms. The number of nitrogens with one attached hydrogen (secondary N) is 2. The molecule has 0 saturated heterocycles. The molecule has 0 aliphatic heterocycles. The summed E-state index contributed by atoms with van der Waals surface area (Å²) in [5.41, 5.74) is 2.11. The summed E-state index contributed by atoms with van der Waals surface area (Å²) in [6.07, 6.45) is 0.323. The summed E-state index contributed by atoms with van der Waals surface area (Å²) in [5.74, 6) is -0.436. The maximum atomic E-state index is 12.1. The standard InChI is InChI=1S/C16H24N2O3/c1-5-15(19)21-10-12-7-8-13(18-11(3)4)9-14(12)16(20)17-6-2/h7-9,11,18H,5-6,10H2,1-4H3,(H,17,20). The van der Waals surface area contributed by atoms with Gasteiger partial charge in [0.25, 0.3) is 5.91 Å². The van der Waals surface area contributed by atoms with E-state index in [1.165, 1.54) is 0 Å². The Labute approximate surface area is 126 Å². The molecule has 1 amide bonds. The minimum Gasteiger partial charge on any atom is -0.461 e. The molecule has 5 heteroatoms. The average molecular weight is 292 g/mol. The fourth-order valence-corrected chi connectivity index (χ4v) is 1.85. The van der Waals surface area contributed by atoms with Crippen molar-refractivity contribution in [1.29, 1.82) is 0 Å². The number of hydrogen-bond donors (Lipinski definition) is 2. The normalized spacial score (nSPS) is 10.3. The summed E-state index contributed by atoms with van der Waals surface area (Å²) >= 11 is 0. The second kappa shape index (κ2) is 8.29. The molecular weight excluding hydrogens is 268 g/mol. The van der Waals surface area contributed by atoms with Gasteiger partial charge in [-0.05, 0) is 32.9 Å². The highest BCUT2D eigenvalue weighted by Crippen LogP contribution is 2.18. The Balaban J connectivity index is 2.99. The van der Waals surface area contributed by atoms with Crippen LogP contribution in [0.3, 0.4) is 0 Å². The van der Waals surface area contributed by atoms with E-state index in [0.717, 1.165) is 5.69 Å². The molecule has 0 aliphatic rings. The molecule has 0 aromatic heterocycles. The van der Waals surface area contributed by atoms with Gasteiger partial charge in [0.15, 0.2) is 0 Å². The number of hydrogen-bond acceptors (Lipinski definition) is 4. The van der Waals surface area contributed by atoms with E-state index in [4.69, 9.17) is 4.74 Å². The lowest BCUT2D eigenvalue weighted by Crippen LogP contribution is -2.24. The first-order valence-corrected chi connectivity index (χ1v) is 7.31. The molecule has 0 fully saturated rings. The highest BCUT2D eigenvalue weighted by Gasteiger charge is 2.13. The SMILES string of the molecule is CCNC(=O)c1cc(NC(C)C)ccc1COC(=O)CC. The zero-order chi connectivity index (χ0) is 15.8. The third-order valence-electron chi connectivity index (χ3n) is 2.82. The highest BCUT2D eigenvalue weighted by molar-refractivity contribution is 5.96. The van der Waals surface area contributed by atoms with Crippen molar-refractivity contribution in [3.63, 3.8) is 0 Å². The van der Waals surface area contributed by atoms with E-state index in [1.807, 2.05) is 32.9 Å². The number of amides is 1. The number of carbonyl (C=O) groups is 2. The lowest BCUT2D eigenvalue weighted by atomic mass is 10.1. The Morgan fingerprint density at radius 1 is 1.24 bits per heavy atom. The first kappa shape index (κ1) is 17.0. The van der Waals surface area contributed by atoms with Crippen LogP contribution in [-0.2, 0) is 16.1 Å². The first-order valence-electron chi connectivity index (χ1n) is 7.31. The van der Waals surface area contributed by atoms with Crippen LogP contribution in [0, 0.1) is 0 Å². The number of esters is 1. The van der Waals surface area contributed by atoms with Gasteiger partial charge in [0, 0.05) is 35.8 Å². The Morgan fingerprint density at radius 2 is 1.95 bits per heavy atom. The van der Waals surface area contributed by atoms with Crippen LogP contribution in [0.25, 0.3) is 0 Å². The van der Waals surface area contributed by atoms with E-state index in [0.29, 0.717) is 24.1 Å². The quantitative estimate of drug-likeness (QED) is 0.758. The molecule has 0 atom stereocenters. The van der Waals surface area contributed by atoms with Gasteiger partial charge in [0.05, 0.1) is 0 Å². The summed E-state index contributed by atoms with van der Waals surface area (Å²) in [6, 6.07) is 5.77. The van der Waals surface area contributed by atoms with Gasteiger partial charge < -0.3 is 15.4 Å². The monoisotopic (exact) mass is 292 g/mol. The molecule has 116 valence electrons. The van der Waals surface area contributed by atoms with E-state index in [1.54, 1.807) is 13.0 Å². The van der Waals surface area contributed by atoms with E-state index in [9.17, 15) is 9.59 Å². The molecule has 0 aliphatic carbocycles. The zero-order valence-electron chi connectivity index (χ0n) is 13.2. The smallest absolute Gasteiger partial charge is 0.305 e. The van der Waals surface area contributed by atoms with Crippen molar-refractivity contribution < 1.29 is 14.3 Å². The van der Waals surface area contributed by atoms with Crippen molar-refractivity contribution in [2.45, 2.75) is 46.8 Å². The van der Waals surface area contributed by atoms with Crippen LogP contribution in [0.2, 0.25) is 0 Å². The third kappa shape index (κ3) is 5.45. The van der Waals surface area contributed by atoms with Crippen molar-refractivity contribution in [3.8, 4) is 0 Å². The summed E-state index contributed by atoms with van der Waals surface area (Å²) in [5, 5.41) is 6.03. The Bertz CT molecular complexity index is 498. The number of ether oxygens (including phenoxy) is 1. The van der Waals surface area contributed by atoms with E-state index in [2.05, 4.69) is 10.6 Å². The van der Waals surface area contributed by atoms with Gasteiger partial charge in [-0.15, -0.1) is 0 Å². The first-order chi connectivity index (χ1) is 9.97. The average Bonchev–Trinajstić information content (AvgIpc) is 2.45. The molecule has 1 aromatic rings. The van der Waals surface area contributed by atoms with Gasteiger partial charge in [-0.25, -0.2) is 0 Å². The van der Waals surface area contributed by atoms with Crippen molar-refractivity contribution in [1.82, 2.24) is 5.32 Å². The molecule has 0 heterocycles. The molecule has 5 nitrogen and oxygen atoms in total. The second-order valence-electron chi connectivity index (χ2n) is 5.04. The third-order valence-corrected chi connectivity index (χ3v) is 2.82. The van der Waals surface area contributed by atoms with Gasteiger partial charge in [0.2, 0.25) is 0 Å². The molecule has 0 unspecified atom stereocenters. The largest absolute Gasteiger partial charge is 0.461 e. The Hall–Kier alpha value is -2.04. The van der Waals surface area contributed by atoms with Crippen LogP contribution in [0.1, 0.15) is 50.0 Å². The molecule has 0 saturated carbocycles. The molecule has 1 rings (SSSR count). The predicted molar refractivity (Wildman–Crippen MR) is 83.3 cm³/mol. The topological polar surface area (TPSA) is 67.4 Å². The summed E-state index contributed by atoms with van der Waals surface area (Å²) in [4.78, 5) is 23.4. The Kier molecular flexibility index (Phi) is 6.72. The van der Waals surface area contributed by atoms with Crippen LogP contribution < -0.4 is 10.6 Å². The predicted octanol–water partition coefficient (Wildman–Crippen LogP) is 2.71. The second-order valence-corrected chi connectivity index (χ2v) is 5.04. The lowest BCUT2D eigenvalue weighted by Gasteiger charge is -2.14. The minimum absolute atomic E-state index is 0.112. The van der Waals surface area contributed by atoms with E-state index < -0.39 is 0 Å². The molecule has 1 aromatic carbocycles. The van der Waals surface area contributed by atoms with Crippen LogP contribution in [0.4, 0.5) is 5.69 Å². The zero-order valence-corrected chi connectivity index (χ0v) is 13.2. The fraction of sp³-hybridized carbons (Fsp3) is 0.500. The number of anilines is 1. The van der Waals surface area contributed by atoms with Crippen LogP contribution in [0.15, 0.2) is 18.2 Å². The van der Waals surface area contributed by atoms with Crippen LogP contribution in [-0.4, -0.2) is 24.5 Å². The van der Waals surface area contributed by atoms with Gasteiger partial charge in [-0.1, -0.05) is 13.0 Å². The maximum absolute atomic E-state index is 12.1. The summed E-state index contributed by atoms with van der Waals surface area (Å²) in [6.45, 7) is 8.33. The van der Waals surface area contributed by atoms with E-state index in [-0.39, 0.29) is 24.5 Å². The number of carbonyl (C=O) groups excluding carboxylic acids is 2. The van der Waals surface area contributed by atoms with Gasteiger partial charge >= 0.3 is 5.97 Å². The Morgan fingerprint density at radius 3 is 2.52 bits per heavy atom. The van der Waals surface area contributed by atoms with Crippen LogP contribution >= 0.6 is 0 Å². The summed E-state index contributed by atoms with van der Waals surface area (Å²) < 4.78 is 5.13. The maximum Gasteiger partial charge on any atom is 0.305 e. The number of benzene rings is 1. The molecule has 21 heavy (non-hydrogen) atoms. The minimum atomic E-state index is -0.277. The molecule has 0 radical (unpaired) electrons. The fourth-order valence-electron chi connectivity index (χ4n) is 1.85. The molecule has 0 bridgehead atoms. The van der Waals surface area contributed by atoms with Crippen molar-refractivity contribution in [2.75, 3.05) is 11.9 Å². The molecular formula is C16H24N2O3. The van der Waals surface area contributed by atoms with Crippen LogP contribution in [0.5, 0.6) is 0 Å². The van der Waals surface area contributed by atoms with E-state index >= 15 is 0 Å². The van der Waals surface area contributed by atoms with Crippen molar-refractivity contribution >= 4 is 17.6 Å². The summed E-state index contributed by atoms with van der Waals surface area (Å²) in [7, 11) is 0. The number of rotatable bonds is 7. The van der Waals surface area contributed by atoms with Gasteiger partial charge in [0.1, 0.15) is 6.61 Å². The lowest BCUT2D eigenvalue weighted by molar-refractivity contribution is -0.144. The molecule has 2 N–H and O–H groups in total. The van der Waals surface area contributed by atoms with Gasteiger partial charge in [-0.3, -0.25) is 9.59 Å². The highest BCUT2D eigenvalue weighted by atomic mass is 16.5. The van der Waals surface area contributed by atoms with Gasteiger partial charge in [-0.2, -0.15) is 0 Å².